The minimum Gasteiger partial charge on any atom is -0.383 e. The number of carbonyl (C=O) groups is 1. The van der Waals surface area contributed by atoms with Crippen LogP contribution in [0.1, 0.15) is 12.5 Å². The number of nitriles is 1. The van der Waals surface area contributed by atoms with E-state index in [4.69, 9.17) is 16.9 Å². The minimum absolute atomic E-state index is 0.0439. The van der Waals surface area contributed by atoms with E-state index in [1.165, 1.54) is 0 Å². The fraction of sp³-hybridized carbons (Fsp3) is 0.167. The van der Waals surface area contributed by atoms with Crippen LogP contribution in [0.5, 0.6) is 0 Å². The molecule has 0 fully saturated rings. The van der Waals surface area contributed by atoms with E-state index < -0.39 is 5.24 Å². The Kier molecular flexibility index (Phi) is 4.56. The monoisotopic (exact) mass is 234 g/mol. The van der Waals surface area contributed by atoms with Crippen LogP contribution in [0.2, 0.25) is 0 Å². The first-order chi connectivity index (χ1) is 7.65. The molecule has 0 saturated heterocycles. The first-order valence-electron chi connectivity index (χ1n) is 4.73. The van der Waals surface area contributed by atoms with Crippen molar-refractivity contribution in [1.29, 1.82) is 5.26 Å². The molecule has 0 spiro atoms. The number of allylic oxidation sites excluding steroid dienone is 2. The predicted molar refractivity (Wildman–Crippen MR) is 62.5 cm³/mol. The third-order valence-corrected chi connectivity index (χ3v) is 2.27. The lowest BCUT2D eigenvalue weighted by Crippen LogP contribution is -2.14. The Balaban J connectivity index is 2.69. The van der Waals surface area contributed by atoms with Crippen molar-refractivity contribution in [3.8, 4) is 6.07 Å². The molecule has 16 heavy (non-hydrogen) atoms. The molecule has 1 aromatic rings. The van der Waals surface area contributed by atoms with Gasteiger partial charge < -0.3 is 5.32 Å². The second kappa shape index (κ2) is 5.94. The number of hydrogen-bond acceptors (Lipinski definition) is 3. The first-order valence-corrected chi connectivity index (χ1v) is 5.11. The summed E-state index contributed by atoms with van der Waals surface area (Å²) in [5.41, 5.74) is 1.52. The van der Waals surface area contributed by atoms with Gasteiger partial charge in [-0.05, 0) is 24.1 Å². The molecule has 0 atom stereocenters. The van der Waals surface area contributed by atoms with Crippen LogP contribution in [0.4, 0.5) is 0 Å². The topological polar surface area (TPSA) is 52.9 Å². The summed E-state index contributed by atoms with van der Waals surface area (Å²) >= 11 is 5.26. The van der Waals surface area contributed by atoms with E-state index in [-0.39, 0.29) is 5.57 Å². The lowest BCUT2D eigenvalue weighted by Gasteiger charge is -2.07. The average molecular weight is 235 g/mol. The van der Waals surface area contributed by atoms with E-state index in [0.717, 1.165) is 5.56 Å². The van der Waals surface area contributed by atoms with Gasteiger partial charge in [0.15, 0.2) is 0 Å². The highest BCUT2D eigenvalue weighted by Crippen LogP contribution is 2.06. The van der Waals surface area contributed by atoms with E-state index in [2.05, 4.69) is 5.32 Å². The van der Waals surface area contributed by atoms with Gasteiger partial charge in [-0.25, -0.2) is 0 Å². The Labute approximate surface area is 99.3 Å². The van der Waals surface area contributed by atoms with Crippen molar-refractivity contribution in [2.75, 3.05) is 0 Å². The largest absolute Gasteiger partial charge is 0.383 e. The van der Waals surface area contributed by atoms with E-state index in [9.17, 15) is 4.79 Å². The fourth-order valence-corrected chi connectivity index (χ4v) is 1.38. The molecule has 4 heteroatoms. The van der Waals surface area contributed by atoms with Gasteiger partial charge in [0.2, 0.25) is 0 Å². The van der Waals surface area contributed by atoms with Crippen LogP contribution in [0.25, 0.3) is 0 Å². The molecule has 0 bridgehead atoms. The molecular weight excluding hydrogens is 224 g/mol. The van der Waals surface area contributed by atoms with Crippen molar-refractivity contribution in [2.45, 2.75) is 13.5 Å². The first kappa shape index (κ1) is 12.3. The standard InChI is InChI=1S/C12H11ClN2O/c1-9(11(7-14)12(13)16)15-8-10-5-3-2-4-6-10/h2-6,15H,8H2,1H3/b11-9+. The maximum absolute atomic E-state index is 10.9. The Bertz CT molecular complexity index is 446. The minimum atomic E-state index is -0.736. The molecular formula is C12H11ClN2O. The van der Waals surface area contributed by atoms with Crippen LogP contribution in [-0.4, -0.2) is 5.24 Å². The van der Waals surface area contributed by atoms with Gasteiger partial charge in [-0.3, -0.25) is 4.79 Å². The van der Waals surface area contributed by atoms with Gasteiger partial charge in [0, 0.05) is 12.2 Å². The van der Waals surface area contributed by atoms with Gasteiger partial charge in [0.25, 0.3) is 5.24 Å². The van der Waals surface area contributed by atoms with Crippen molar-refractivity contribution in [2.24, 2.45) is 0 Å². The maximum Gasteiger partial charge on any atom is 0.264 e. The van der Waals surface area contributed by atoms with E-state index in [1.807, 2.05) is 30.3 Å². The Morgan fingerprint density at radius 2 is 2.06 bits per heavy atom. The highest BCUT2D eigenvalue weighted by Gasteiger charge is 2.08. The molecule has 0 radical (unpaired) electrons. The van der Waals surface area contributed by atoms with Crippen molar-refractivity contribution in [3.05, 3.63) is 47.2 Å². The van der Waals surface area contributed by atoms with E-state index in [1.54, 1.807) is 13.0 Å². The van der Waals surface area contributed by atoms with Gasteiger partial charge in [-0.1, -0.05) is 30.3 Å². The average Bonchev–Trinajstić information content (AvgIpc) is 2.28. The summed E-state index contributed by atoms with van der Waals surface area (Å²) < 4.78 is 0. The number of hydrogen-bond donors (Lipinski definition) is 1. The van der Waals surface area contributed by atoms with Gasteiger partial charge in [0.05, 0.1) is 0 Å². The van der Waals surface area contributed by atoms with Crippen LogP contribution in [-0.2, 0) is 11.3 Å². The molecule has 3 nitrogen and oxygen atoms in total. The molecule has 1 rings (SSSR count). The molecule has 0 unspecified atom stereocenters. The molecule has 0 aromatic heterocycles. The predicted octanol–water partition coefficient (Wildman–Crippen LogP) is 2.34. The Morgan fingerprint density at radius 3 is 2.56 bits per heavy atom. The summed E-state index contributed by atoms with van der Waals surface area (Å²) in [6.07, 6.45) is 0. The van der Waals surface area contributed by atoms with E-state index in [0.29, 0.717) is 12.2 Å². The van der Waals surface area contributed by atoms with Crippen LogP contribution in [0, 0.1) is 11.3 Å². The number of halogens is 1. The van der Waals surface area contributed by atoms with Crippen molar-refractivity contribution >= 4 is 16.8 Å². The molecule has 82 valence electrons. The number of carbonyl (C=O) groups excluding carboxylic acids is 1. The number of benzene rings is 1. The van der Waals surface area contributed by atoms with Gasteiger partial charge in [0.1, 0.15) is 11.6 Å². The third kappa shape index (κ3) is 3.41. The summed E-state index contributed by atoms with van der Waals surface area (Å²) in [6, 6.07) is 11.5. The number of rotatable bonds is 4. The second-order valence-electron chi connectivity index (χ2n) is 3.22. The second-order valence-corrected chi connectivity index (χ2v) is 3.57. The molecule has 0 aliphatic heterocycles. The molecule has 0 aliphatic rings. The van der Waals surface area contributed by atoms with Gasteiger partial charge in [-0.2, -0.15) is 5.26 Å². The molecule has 0 amide bonds. The highest BCUT2D eigenvalue weighted by atomic mass is 35.5. The van der Waals surface area contributed by atoms with Gasteiger partial charge in [-0.15, -0.1) is 0 Å². The van der Waals surface area contributed by atoms with Crippen LogP contribution < -0.4 is 5.32 Å². The van der Waals surface area contributed by atoms with Crippen LogP contribution in [0.15, 0.2) is 41.6 Å². The van der Waals surface area contributed by atoms with Crippen LogP contribution in [0.3, 0.4) is 0 Å². The molecule has 1 aromatic carbocycles. The smallest absolute Gasteiger partial charge is 0.264 e. The zero-order valence-electron chi connectivity index (χ0n) is 8.83. The number of nitrogens with zero attached hydrogens (tertiary/aromatic N) is 1. The van der Waals surface area contributed by atoms with E-state index >= 15 is 0 Å². The number of nitrogens with one attached hydrogen (secondary N) is 1. The molecule has 0 heterocycles. The molecule has 1 N–H and O–H groups in total. The fourth-order valence-electron chi connectivity index (χ4n) is 1.19. The highest BCUT2D eigenvalue weighted by molar-refractivity contribution is 6.68. The summed E-state index contributed by atoms with van der Waals surface area (Å²) in [6.45, 7) is 2.21. The van der Waals surface area contributed by atoms with Crippen molar-refractivity contribution in [3.63, 3.8) is 0 Å². The SMILES string of the molecule is C/C(NCc1ccccc1)=C(/C#N)C(=O)Cl. The quantitative estimate of drug-likeness (QED) is 0.494. The molecule has 0 aliphatic carbocycles. The zero-order chi connectivity index (χ0) is 12.0. The Hall–Kier alpha value is -1.79. The van der Waals surface area contributed by atoms with Crippen molar-refractivity contribution in [1.82, 2.24) is 5.32 Å². The molecule has 0 saturated carbocycles. The van der Waals surface area contributed by atoms with Gasteiger partial charge >= 0.3 is 0 Å². The normalized spacial score (nSPS) is 11.3. The zero-order valence-corrected chi connectivity index (χ0v) is 9.58. The van der Waals surface area contributed by atoms with Crippen molar-refractivity contribution < 1.29 is 4.79 Å². The summed E-state index contributed by atoms with van der Waals surface area (Å²) in [7, 11) is 0. The summed E-state index contributed by atoms with van der Waals surface area (Å²) in [5, 5.41) is 11.0. The van der Waals surface area contributed by atoms with Crippen LogP contribution >= 0.6 is 11.6 Å². The summed E-state index contributed by atoms with van der Waals surface area (Å²) in [4.78, 5) is 10.9. The lowest BCUT2D eigenvalue weighted by atomic mass is 10.2. The maximum atomic E-state index is 10.9. The third-order valence-electron chi connectivity index (χ3n) is 2.08. The lowest BCUT2D eigenvalue weighted by molar-refractivity contribution is -0.108. The Morgan fingerprint density at radius 1 is 1.44 bits per heavy atom. The summed E-state index contributed by atoms with van der Waals surface area (Å²) in [5.74, 6) is 0.